The average molecular weight is 210 g/mol. The largest absolute Gasteiger partial charge is 0.390 e. The summed E-state index contributed by atoms with van der Waals surface area (Å²) < 4.78 is 35.5. The van der Waals surface area contributed by atoms with Crippen LogP contribution in [0.25, 0.3) is 0 Å². The fourth-order valence-electron chi connectivity index (χ4n) is 1.57. The van der Waals surface area contributed by atoms with E-state index in [-0.39, 0.29) is 12.2 Å². The van der Waals surface area contributed by atoms with Gasteiger partial charge < -0.3 is 5.11 Å². The molecule has 1 N–H and O–H groups in total. The molecule has 13 heavy (non-hydrogen) atoms. The summed E-state index contributed by atoms with van der Waals surface area (Å²) in [6, 6.07) is 0. The Morgan fingerprint density at radius 1 is 1.62 bits per heavy atom. The van der Waals surface area contributed by atoms with Crippen LogP contribution in [-0.2, 0) is 9.84 Å². The van der Waals surface area contributed by atoms with Crippen molar-refractivity contribution in [3.63, 3.8) is 0 Å². The van der Waals surface area contributed by atoms with E-state index in [0.717, 1.165) is 0 Å². The number of sulfone groups is 1. The molecule has 1 heterocycles. The van der Waals surface area contributed by atoms with Gasteiger partial charge in [-0.3, -0.25) is 0 Å². The van der Waals surface area contributed by atoms with Crippen LogP contribution in [0.4, 0.5) is 4.39 Å². The zero-order valence-electron chi connectivity index (χ0n) is 7.61. The van der Waals surface area contributed by atoms with Crippen molar-refractivity contribution in [3.8, 4) is 0 Å². The molecule has 78 valence electrons. The monoisotopic (exact) mass is 210 g/mol. The second kappa shape index (κ2) is 3.92. The van der Waals surface area contributed by atoms with E-state index < -0.39 is 27.4 Å². The highest BCUT2D eigenvalue weighted by atomic mass is 32.2. The minimum absolute atomic E-state index is 0.0556. The maximum absolute atomic E-state index is 13.0. The third-order valence-corrected chi connectivity index (χ3v) is 4.78. The molecule has 1 fully saturated rings. The summed E-state index contributed by atoms with van der Waals surface area (Å²) in [5, 5.41) is 8.31. The number of aliphatic hydroxyl groups is 1. The Hall–Kier alpha value is -0.160. The lowest BCUT2D eigenvalue weighted by Gasteiger charge is -2.15. The highest BCUT2D eigenvalue weighted by molar-refractivity contribution is 7.92. The van der Waals surface area contributed by atoms with Gasteiger partial charge in [0.1, 0.15) is 6.17 Å². The highest BCUT2D eigenvalue weighted by Gasteiger charge is 2.34. The summed E-state index contributed by atoms with van der Waals surface area (Å²) in [5.74, 6) is 0.171. The summed E-state index contributed by atoms with van der Waals surface area (Å²) in [4.78, 5) is 0. The lowest BCUT2D eigenvalue weighted by atomic mass is 10.1. The minimum atomic E-state index is -3.07. The molecule has 0 radical (unpaired) electrons. The number of hydrogen-bond donors (Lipinski definition) is 1. The molecule has 1 rings (SSSR count). The topological polar surface area (TPSA) is 54.4 Å². The van der Waals surface area contributed by atoms with Gasteiger partial charge in [-0.05, 0) is 26.2 Å². The maximum atomic E-state index is 13.0. The third-order valence-electron chi connectivity index (χ3n) is 2.47. The molecule has 0 aromatic rings. The van der Waals surface area contributed by atoms with Crippen molar-refractivity contribution in [2.45, 2.75) is 43.7 Å². The van der Waals surface area contributed by atoms with E-state index in [9.17, 15) is 12.8 Å². The summed E-state index contributed by atoms with van der Waals surface area (Å²) in [5.41, 5.74) is 0. The van der Waals surface area contributed by atoms with Crippen LogP contribution in [0.3, 0.4) is 0 Å². The lowest BCUT2D eigenvalue weighted by Crippen LogP contribution is -2.26. The van der Waals surface area contributed by atoms with Gasteiger partial charge in [-0.15, -0.1) is 0 Å². The number of aliphatic hydroxyl groups excluding tert-OH is 1. The van der Waals surface area contributed by atoms with Gasteiger partial charge in [-0.25, -0.2) is 12.8 Å². The number of rotatable bonds is 3. The van der Waals surface area contributed by atoms with Gasteiger partial charge in [0.2, 0.25) is 0 Å². The predicted octanol–water partition coefficient (Wildman–Crippen LogP) is 0.673. The molecular formula is C8H15FO3S. The van der Waals surface area contributed by atoms with Crippen LogP contribution in [0.5, 0.6) is 0 Å². The Labute approximate surface area is 77.9 Å². The van der Waals surface area contributed by atoms with E-state index in [2.05, 4.69) is 0 Å². The van der Waals surface area contributed by atoms with Gasteiger partial charge >= 0.3 is 0 Å². The molecule has 3 nitrogen and oxygen atoms in total. The van der Waals surface area contributed by atoms with E-state index in [0.29, 0.717) is 12.8 Å². The molecule has 3 atom stereocenters. The zero-order chi connectivity index (χ0) is 10.1. The standard InChI is InChI=1S/C8H15FO3S/c1-6(10)8(9)5-7-3-2-4-13(7,11)12/h6-8,10H,2-5H2,1H3. The van der Waals surface area contributed by atoms with Crippen LogP contribution in [0, 0.1) is 0 Å². The molecule has 0 aliphatic carbocycles. The van der Waals surface area contributed by atoms with Crippen LogP contribution in [0.1, 0.15) is 26.2 Å². The first-order valence-electron chi connectivity index (χ1n) is 4.47. The van der Waals surface area contributed by atoms with Crippen molar-refractivity contribution in [3.05, 3.63) is 0 Å². The van der Waals surface area contributed by atoms with E-state index in [1.54, 1.807) is 0 Å². The SMILES string of the molecule is CC(O)C(F)CC1CCCS1(=O)=O. The predicted molar refractivity (Wildman–Crippen MR) is 48.0 cm³/mol. The smallest absolute Gasteiger partial charge is 0.153 e. The quantitative estimate of drug-likeness (QED) is 0.745. The summed E-state index contributed by atoms with van der Waals surface area (Å²) >= 11 is 0. The first kappa shape index (κ1) is 10.9. The Balaban J connectivity index is 2.55. The molecule has 1 aliphatic heterocycles. The molecule has 5 heteroatoms. The minimum Gasteiger partial charge on any atom is -0.390 e. The van der Waals surface area contributed by atoms with Crippen LogP contribution in [0.2, 0.25) is 0 Å². The van der Waals surface area contributed by atoms with Crippen molar-refractivity contribution in [2.24, 2.45) is 0 Å². The normalized spacial score (nSPS) is 31.5. The van der Waals surface area contributed by atoms with Gasteiger partial charge in [-0.2, -0.15) is 0 Å². The van der Waals surface area contributed by atoms with Gasteiger partial charge in [0.05, 0.1) is 17.1 Å². The molecule has 0 spiro atoms. The van der Waals surface area contributed by atoms with E-state index in [4.69, 9.17) is 5.11 Å². The Morgan fingerprint density at radius 3 is 2.62 bits per heavy atom. The van der Waals surface area contributed by atoms with E-state index in [1.165, 1.54) is 6.92 Å². The van der Waals surface area contributed by atoms with Crippen molar-refractivity contribution >= 4 is 9.84 Å². The molecule has 0 amide bonds. The number of hydrogen-bond acceptors (Lipinski definition) is 3. The zero-order valence-corrected chi connectivity index (χ0v) is 8.43. The van der Waals surface area contributed by atoms with Crippen molar-refractivity contribution in [2.75, 3.05) is 5.75 Å². The molecule has 0 saturated carbocycles. The molecule has 1 saturated heterocycles. The maximum Gasteiger partial charge on any atom is 0.153 e. The summed E-state index contributed by atoms with van der Waals surface area (Å²) in [7, 11) is -3.07. The van der Waals surface area contributed by atoms with Gasteiger partial charge in [-0.1, -0.05) is 0 Å². The summed E-state index contributed by atoms with van der Waals surface area (Å²) in [6.07, 6.45) is -1.39. The third kappa shape index (κ3) is 2.64. The fraction of sp³-hybridized carbons (Fsp3) is 1.00. The molecular weight excluding hydrogens is 195 g/mol. The molecule has 1 aliphatic rings. The average Bonchev–Trinajstić information content (AvgIpc) is 2.30. The van der Waals surface area contributed by atoms with Crippen LogP contribution in [0.15, 0.2) is 0 Å². The van der Waals surface area contributed by atoms with E-state index in [1.807, 2.05) is 0 Å². The second-order valence-corrected chi connectivity index (χ2v) is 6.02. The van der Waals surface area contributed by atoms with Crippen LogP contribution >= 0.6 is 0 Å². The van der Waals surface area contributed by atoms with E-state index >= 15 is 0 Å². The molecule has 0 aromatic heterocycles. The second-order valence-electron chi connectivity index (χ2n) is 3.62. The van der Waals surface area contributed by atoms with Crippen LogP contribution < -0.4 is 0 Å². The van der Waals surface area contributed by atoms with Crippen molar-refractivity contribution in [1.29, 1.82) is 0 Å². The summed E-state index contributed by atoms with van der Waals surface area (Å²) in [6.45, 7) is 1.34. The molecule has 0 aromatic carbocycles. The van der Waals surface area contributed by atoms with Crippen molar-refractivity contribution < 1.29 is 17.9 Å². The first-order valence-corrected chi connectivity index (χ1v) is 6.18. The molecule has 3 unspecified atom stereocenters. The Morgan fingerprint density at radius 2 is 2.23 bits per heavy atom. The Kier molecular flexibility index (Phi) is 3.29. The highest BCUT2D eigenvalue weighted by Crippen LogP contribution is 2.25. The van der Waals surface area contributed by atoms with Crippen LogP contribution in [-0.4, -0.2) is 36.8 Å². The number of halogens is 1. The Bertz CT molecular complexity index is 261. The first-order chi connectivity index (χ1) is 5.93. The van der Waals surface area contributed by atoms with Gasteiger partial charge in [0.15, 0.2) is 9.84 Å². The van der Waals surface area contributed by atoms with Gasteiger partial charge in [0, 0.05) is 0 Å². The van der Waals surface area contributed by atoms with Gasteiger partial charge in [0.25, 0.3) is 0 Å². The fourth-order valence-corrected chi connectivity index (χ4v) is 3.48. The lowest BCUT2D eigenvalue weighted by molar-refractivity contribution is 0.0869. The number of alkyl halides is 1. The molecule has 0 bridgehead atoms. The van der Waals surface area contributed by atoms with Crippen molar-refractivity contribution in [1.82, 2.24) is 0 Å².